The molecule has 2 saturated carbocycles. The lowest BCUT2D eigenvalue weighted by Crippen LogP contribution is -2.53. The number of hydrogen-bond acceptors (Lipinski definition) is 7. The van der Waals surface area contributed by atoms with Gasteiger partial charge in [-0.05, 0) is 30.6 Å². The second-order valence-corrected chi connectivity index (χ2v) is 8.41. The van der Waals surface area contributed by atoms with Gasteiger partial charge in [0.25, 0.3) is 0 Å². The summed E-state index contributed by atoms with van der Waals surface area (Å²) in [5.41, 5.74) is -0.511. The number of fused-ring (bicyclic) bond motifs is 1. The second kappa shape index (κ2) is 6.50. The minimum Gasteiger partial charge on any atom is -0.467 e. The standard InChI is InChI=1S/C19H27NO6/c1-17(2)7-5-8-18(11-20)10-19(9-6-12(17)18)25-13(15(21)23-3)14(26-19)16(22)24-4/h12-14H,5-10H2,1-4H3/t12-,13+,14+,18?/m0/s1. The van der Waals surface area contributed by atoms with Crippen LogP contribution in [0, 0.1) is 28.1 Å². The number of ether oxygens (including phenoxy) is 4. The van der Waals surface area contributed by atoms with E-state index in [0.29, 0.717) is 12.8 Å². The molecule has 0 amide bonds. The normalized spacial score (nSPS) is 37.4. The van der Waals surface area contributed by atoms with Gasteiger partial charge in [-0.15, -0.1) is 0 Å². The van der Waals surface area contributed by atoms with Crippen LogP contribution in [0.3, 0.4) is 0 Å². The first kappa shape index (κ1) is 19.1. The maximum absolute atomic E-state index is 12.1. The van der Waals surface area contributed by atoms with E-state index < -0.39 is 35.3 Å². The summed E-state index contributed by atoms with van der Waals surface area (Å²) in [4.78, 5) is 24.2. The predicted molar refractivity (Wildman–Crippen MR) is 89.5 cm³/mol. The maximum atomic E-state index is 12.1. The van der Waals surface area contributed by atoms with E-state index in [2.05, 4.69) is 19.9 Å². The van der Waals surface area contributed by atoms with E-state index in [1.807, 2.05) is 0 Å². The molecule has 2 aliphatic carbocycles. The quantitative estimate of drug-likeness (QED) is 0.693. The summed E-state index contributed by atoms with van der Waals surface area (Å²) in [5, 5.41) is 10.1. The summed E-state index contributed by atoms with van der Waals surface area (Å²) in [6, 6.07) is 2.55. The molecule has 1 heterocycles. The third-order valence-electron chi connectivity index (χ3n) is 6.50. The molecule has 1 saturated heterocycles. The largest absolute Gasteiger partial charge is 0.467 e. The number of methoxy groups -OCH3 is 2. The van der Waals surface area contributed by atoms with Gasteiger partial charge in [0.1, 0.15) is 0 Å². The number of carbonyl (C=O) groups excluding carboxylic acids is 2. The number of hydrogen-bond donors (Lipinski definition) is 0. The Hall–Kier alpha value is -1.65. The molecule has 1 spiro atoms. The van der Waals surface area contributed by atoms with Crippen molar-refractivity contribution in [1.29, 1.82) is 5.26 Å². The minimum atomic E-state index is -1.17. The topological polar surface area (TPSA) is 94.9 Å². The van der Waals surface area contributed by atoms with Crippen molar-refractivity contribution in [2.45, 2.75) is 70.4 Å². The van der Waals surface area contributed by atoms with Crippen molar-refractivity contribution in [3.05, 3.63) is 0 Å². The van der Waals surface area contributed by atoms with Gasteiger partial charge in [-0.2, -0.15) is 5.26 Å². The van der Waals surface area contributed by atoms with Crippen molar-refractivity contribution >= 4 is 11.9 Å². The summed E-state index contributed by atoms with van der Waals surface area (Å²) in [6.07, 6.45) is 2.13. The van der Waals surface area contributed by atoms with E-state index >= 15 is 0 Å². The van der Waals surface area contributed by atoms with Crippen molar-refractivity contribution in [2.75, 3.05) is 14.2 Å². The summed E-state index contributed by atoms with van der Waals surface area (Å²) >= 11 is 0. The number of carbonyl (C=O) groups is 2. The minimum absolute atomic E-state index is 0.0672. The number of nitrogens with zero attached hydrogens (tertiary/aromatic N) is 1. The number of esters is 2. The van der Waals surface area contributed by atoms with Gasteiger partial charge in [0.2, 0.25) is 0 Å². The van der Waals surface area contributed by atoms with Gasteiger partial charge in [0.15, 0.2) is 18.0 Å². The molecule has 7 heteroatoms. The molecule has 7 nitrogen and oxygen atoms in total. The second-order valence-electron chi connectivity index (χ2n) is 8.41. The molecule has 0 aromatic rings. The van der Waals surface area contributed by atoms with Gasteiger partial charge >= 0.3 is 11.9 Å². The molecule has 0 radical (unpaired) electrons. The Labute approximate surface area is 153 Å². The first-order valence-electron chi connectivity index (χ1n) is 9.15. The average molecular weight is 365 g/mol. The summed E-state index contributed by atoms with van der Waals surface area (Å²) in [7, 11) is 2.48. The van der Waals surface area contributed by atoms with Crippen molar-refractivity contribution in [3.8, 4) is 6.07 Å². The molecular formula is C19H27NO6. The molecule has 144 valence electrons. The predicted octanol–water partition coefficient (Wildman–Crippen LogP) is 2.33. The van der Waals surface area contributed by atoms with Crippen LogP contribution in [0.15, 0.2) is 0 Å². The van der Waals surface area contributed by atoms with E-state index in [0.717, 1.165) is 25.7 Å². The van der Waals surface area contributed by atoms with E-state index in [-0.39, 0.29) is 11.3 Å². The first-order chi connectivity index (χ1) is 12.2. The molecule has 0 aromatic heterocycles. The molecule has 3 aliphatic rings. The molecule has 4 atom stereocenters. The summed E-state index contributed by atoms with van der Waals surface area (Å²) in [5.74, 6) is -2.23. The molecule has 0 N–H and O–H groups in total. The fraction of sp³-hybridized carbons (Fsp3) is 0.842. The summed E-state index contributed by atoms with van der Waals surface area (Å²) in [6.45, 7) is 4.43. The third-order valence-corrected chi connectivity index (χ3v) is 6.50. The lowest BCUT2D eigenvalue weighted by molar-refractivity contribution is -0.235. The first-order valence-corrected chi connectivity index (χ1v) is 9.15. The fourth-order valence-corrected chi connectivity index (χ4v) is 5.33. The zero-order valence-electron chi connectivity index (χ0n) is 15.9. The van der Waals surface area contributed by atoms with Crippen LogP contribution in [-0.2, 0) is 28.5 Å². The zero-order chi connectivity index (χ0) is 19.2. The summed E-state index contributed by atoms with van der Waals surface area (Å²) < 4.78 is 21.5. The average Bonchev–Trinajstić information content (AvgIpc) is 2.98. The zero-order valence-corrected chi connectivity index (χ0v) is 15.9. The molecule has 26 heavy (non-hydrogen) atoms. The SMILES string of the molecule is COC(=O)[C@@H]1OC2(CC[C@H]3C(C)(C)CCCC3(C#N)C2)O[C@H]1C(=O)OC. The van der Waals surface area contributed by atoms with Crippen LogP contribution < -0.4 is 0 Å². The van der Waals surface area contributed by atoms with Crippen molar-refractivity contribution < 1.29 is 28.5 Å². The van der Waals surface area contributed by atoms with Crippen LogP contribution in [0.1, 0.15) is 52.4 Å². The Balaban J connectivity index is 1.91. The van der Waals surface area contributed by atoms with Gasteiger partial charge in [0, 0.05) is 12.8 Å². The Kier molecular flexibility index (Phi) is 4.78. The van der Waals surface area contributed by atoms with Crippen LogP contribution in [0.2, 0.25) is 0 Å². The van der Waals surface area contributed by atoms with Crippen LogP contribution in [0.25, 0.3) is 0 Å². The highest BCUT2D eigenvalue weighted by atomic mass is 16.8. The van der Waals surface area contributed by atoms with Gasteiger partial charge in [-0.25, -0.2) is 9.59 Å². The Morgan fingerprint density at radius 3 is 2.12 bits per heavy atom. The van der Waals surface area contributed by atoms with Gasteiger partial charge in [0.05, 0.1) is 25.7 Å². The highest BCUT2D eigenvalue weighted by molar-refractivity contribution is 5.86. The van der Waals surface area contributed by atoms with Crippen molar-refractivity contribution in [3.63, 3.8) is 0 Å². The number of nitriles is 1. The molecule has 3 rings (SSSR count). The third kappa shape index (κ3) is 2.89. The highest BCUT2D eigenvalue weighted by Crippen LogP contribution is 2.61. The van der Waals surface area contributed by atoms with Crippen LogP contribution in [0.4, 0.5) is 0 Å². The van der Waals surface area contributed by atoms with Gasteiger partial charge in [-0.1, -0.05) is 20.3 Å². The van der Waals surface area contributed by atoms with Crippen LogP contribution >= 0.6 is 0 Å². The smallest absolute Gasteiger partial charge is 0.338 e. The fourth-order valence-electron chi connectivity index (χ4n) is 5.33. The molecule has 3 fully saturated rings. The Morgan fingerprint density at radius 2 is 1.62 bits per heavy atom. The van der Waals surface area contributed by atoms with E-state index in [9.17, 15) is 14.9 Å². The lowest BCUT2D eigenvalue weighted by Gasteiger charge is -2.55. The van der Waals surface area contributed by atoms with Crippen LogP contribution in [0.5, 0.6) is 0 Å². The Bertz CT molecular complexity index is 614. The van der Waals surface area contributed by atoms with E-state index in [1.54, 1.807) is 0 Å². The molecular weight excluding hydrogens is 338 g/mol. The molecule has 1 unspecified atom stereocenters. The lowest BCUT2D eigenvalue weighted by atomic mass is 9.50. The van der Waals surface area contributed by atoms with Gasteiger partial charge in [-0.3, -0.25) is 0 Å². The molecule has 0 aromatic carbocycles. The monoisotopic (exact) mass is 365 g/mol. The molecule has 0 bridgehead atoms. The van der Waals surface area contributed by atoms with Crippen LogP contribution in [-0.4, -0.2) is 44.2 Å². The molecule has 1 aliphatic heterocycles. The number of rotatable bonds is 2. The highest BCUT2D eigenvalue weighted by Gasteiger charge is 2.63. The van der Waals surface area contributed by atoms with Gasteiger partial charge < -0.3 is 18.9 Å². The van der Waals surface area contributed by atoms with E-state index in [4.69, 9.17) is 18.9 Å². The van der Waals surface area contributed by atoms with Crippen molar-refractivity contribution in [2.24, 2.45) is 16.7 Å². The Morgan fingerprint density at radius 1 is 1.04 bits per heavy atom. The van der Waals surface area contributed by atoms with Crippen molar-refractivity contribution in [1.82, 2.24) is 0 Å². The van der Waals surface area contributed by atoms with E-state index in [1.165, 1.54) is 14.2 Å². The maximum Gasteiger partial charge on any atom is 0.338 e.